The summed E-state index contributed by atoms with van der Waals surface area (Å²) in [6, 6.07) is 7.70. The summed E-state index contributed by atoms with van der Waals surface area (Å²) in [6.45, 7) is 7.64. The van der Waals surface area contributed by atoms with Crippen molar-refractivity contribution in [1.29, 1.82) is 0 Å². The minimum Gasteiger partial charge on any atom is -0.322 e. The quantitative estimate of drug-likeness (QED) is 0.736. The molecule has 0 N–H and O–H groups in total. The Labute approximate surface area is 92.1 Å². The third-order valence-electron chi connectivity index (χ3n) is 2.51. The minimum absolute atomic E-state index is 0.0421. The third kappa shape index (κ3) is 3.19. The van der Waals surface area contributed by atoms with E-state index in [0.717, 1.165) is 17.3 Å². The van der Waals surface area contributed by atoms with Gasteiger partial charge in [-0.05, 0) is 31.9 Å². The summed E-state index contributed by atoms with van der Waals surface area (Å²) in [5.41, 5.74) is 1.03. The molecule has 0 aromatic heterocycles. The minimum atomic E-state index is -2.66. The SMILES string of the molecule is CCC(C)OP(C)(=O)c1ccccc1C. The number of rotatable bonds is 4. The van der Waals surface area contributed by atoms with Gasteiger partial charge in [0.25, 0.3) is 0 Å². The van der Waals surface area contributed by atoms with Crippen LogP contribution in [0.1, 0.15) is 25.8 Å². The van der Waals surface area contributed by atoms with Crippen molar-refractivity contribution < 1.29 is 9.09 Å². The van der Waals surface area contributed by atoms with Gasteiger partial charge in [-0.3, -0.25) is 4.57 Å². The zero-order valence-corrected chi connectivity index (χ0v) is 10.8. The normalized spacial score (nSPS) is 17.1. The standard InChI is InChI=1S/C12H19O2P/c1-5-11(3)14-15(4,13)12-9-7-6-8-10(12)2/h6-9,11H,5H2,1-4H3. The van der Waals surface area contributed by atoms with Gasteiger partial charge in [-0.15, -0.1) is 0 Å². The monoisotopic (exact) mass is 226 g/mol. The molecule has 0 aliphatic rings. The molecule has 0 fully saturated rings. The van der Waals surface area contributed by atoms with Gasteiger partial charge in [-0.2, -0.15) is 0 Å². The fourth-order valence-corrected chi connectivity index (χ4v) is 3.52. The Morgan fingerprint density at radius 3 is 2.53 bits per heavy atom. The largest absolute Gasteiger partial charge is 0.322 e. The molecule has 0 amide bonds. The van der Waals surface area contributed by atoms with Crippen LogP contribution in [0.4, 0.5) is 0 Å². The number of aryl methyl sites for hydroxylation is 1. The van der Waals surface area contributed by atoms with Gasteiger partial charge in [0.15, 0.2) is 0 Å². The zero-order chi connectivity index (χ0) is 11.5. The second kappa shape index (κ2) is 4.96. The van der Waals surface area contributed by atoms with Gasteiger partial charge < -0.3 is 4.52 Å². The lowest BCUT2D eigenvalue weighted by molar-refractivity contribution is 0.226. The number of benzene rings is 1. The number of hydrogen-bond acceptors (Lipinski definition) is 2. The van der Waals surface area contributed by atoms with E-state index in [2.05, 4.69) is 0 Å². The van der Waals surface area contributed by atoms with Crippen LogP contribution in [0.15, 0.2) is 24.3 Å². The van der Waals surface area contributed by atoms with Gasteiger partial charge in [0, 0.05) is 12.0 Å². The highest BCUT2D eigenvalue weighted by Gasteiger charge is 2.23. The van der Waals surface area contributed by atoms with Crippen LogP contribution < -0.4 is 5.30 Å². The molecule has 1 rings (SSSR count). The molecule has 0 heterocycles. The maximum Gasteiger partial charge on any atom is 0.229 e. The molecule has 0 aliphatic carbocycles. The predicted octanol–water partition coefficient (Wildman–Crippen LogP) is 3.34. The highest BCUT2D eigenvalue weighted by atomic mass is 31.2. The van der Waals surface area contributed by atoms with E-state index in [4.69, 9.17) is 4.52 Å². The molecule has 2 nitrogen and oxygen atoms in total. The first kappa shape index (κ1) is 12.5. The molecule has 15 heavy (non-hydrogen) atoms. The van der Waals surface area contributed by atoms with Crippen LogP contribution in [-0.2, 0) is 9.09 Å². The lowest BCUT2D eigenvalue weighted by Crippen LogP contribution is -2.14. The predicted molar refractivity (Wildman–Crippen MR) is 65.2 cm³/mol. The van der Waals surface area contributed by atoms with E-state index in [1.54, 1.807) is 6.66 Å². The van der Waals surface area contributed by atoms with Gasteiger partial charge in [0.05, 0.1) is 6.10 Å². The Kier molecular flexibility index (Phi) is 4.12. The van der Waals surface area contributed by atoms with Gasteiger partial charge in [0.1, 0.15) is 0 Å². The van der Waals surface area contributed by atoms with E-state index in [0.29, 0.717) is 0 Å². The van der Waals surface area contributed by atoms with Gasteiger partial charge in [-0.25, -0.2) is 0 Å². The van der Waals surface area contributed by atoms with Crippen LogP contribution in [0.5, 0.6) is 0 Å². The van der Waals surface area contributed by atoms with Crippen LogP contribution in [0, 0.1) is 6.92 Å². The van der Waals surface area contributed by atoms with Crippen molar-refractivity contribution in [3.8, 4) is 0 Å². The molecule has 84 valence electrons. The van der Waals surface area contributed by atoms with E-state index in [-0.39, 0.29) is 6.10 Å². The second-order valence-electron chi connectivity index (χ2n) is 3.96. The van der Waals surface area contributed by atoms with Gasteiger partial charge in [-0.1, -0.05) is 25.1 Å². The molecular formula is C12H19O2P. The van der Waals surface area contributed by atoms with Crippen molar-refractivity contribution in [1.82, 2.24) is 0 Å². The molecule has 0 aliphatic heterocycles. The average Bonchev–Trinajstić information content (AvgIpc) is 2.17. The lowest BCUT2D eigenvalue weighted by Gasteiger charge is -2.20. The highest BCUT2D eigenvalue weighted by molar-refractivity contribution is 7.66. The van der Waals surface area contributed by atoms with Crippen LogP contribution in [0.25, 0.3) is 0 Å². The van der Waals surface area contributed by atoms with Crippen molar-refractivity contribution in [3.05, 3.63) is 29.8 Å². The van der Waals surface area contributed by atoms with Crippen molar-refractivity contribution in [2.75, 3.05) is 6.66 Å². The summed E-state index contributed by atoms with van der Waals surface area (Å²) in [6.07, 6.45) is 0.921. The summed E-state index contributed by atoms with van der Waals surface area (Å²) in [7, 11) is -2.66. The van der Waals surface area contributed by atoms with E-state index in [9.17, 15) is 4.57 Å². The van der Waals surface area contributed by atoms with E-state index in [1.807, 2.05) is 45.0 Å². The van der Waals surface area contributed by atoms with Gasteiger partial charge in [0.2, 0.25) is 7.37 Å². The highest BCUT2D eigenvalue weighted by Crippen LogP contribution is 2.43. The molecule has 1 aromatic rings. The van der Waals surface area contributed by atoms with Crippen molar-refractivity contribution in [3.63, 3.8) is 0 Å². The zero-order valence-electron chi connectivity index (χ0n) is 9.86. The molecule has 0 bridgehead atoms. The Morgan fingerprint density at radius 2 is 2.00 bits per heavy atom. The summed E-state index contributed by atoms with van der Waals surface area (Å²) in [5, 5.41) is 0.838. The maximum absolute atomic E-state index is 12.4. The first-order valence-electron chi connectivity index (χ1n) is 5.29. The molecule has 2 unspecified atom stereocenters. The molecule has 3 heteroatoms. The third-order valence-corrected chi connectivity index (χ3v) is 4.65. The average molecular weight is 226 g/mol. The molecular weight excluding hydrogens is 207 g/mol. The Balaban J connectivity index is 2.96. The fourth-order valence-electron chi connectivity index (χ4n) is 1.49. The van der Waals surface area contributed by atoms with Crippen molar-refractivity contribution in [2.45, 2.75) is 33.3 Å². The van der Waals surface area contributed by atoms with Crippen LogP contribution >= 0.6 is 7.37 Å². The van der Waals surface area contributed by atoms with Crippen molar-refractivity contribution >= 4 is 12.7 Å². The summed E-state index contributed by atoms with van der Waals surface area (Å²) < 4.78 is 18.0. The summed E-state index contributed by atoms with van der Waals surface area (Å²) in [5.74, 6) is 0. The van der Waals surface area contributed by atoms with E-state index < -0.39 is 7.37 Å². The molecule has 0 radical (unpaired) electrons. The Bertz CT molecular complexity index is 374. The maximum atomic E-state index is 12.4. The van der Waals surface area contributed by atoms with Crippen molar-refractivity contribution in [2.24, 2.45) is 0 Å². The Hall–Kier alpha value is -0.590. The topological polar surface area (TPSA) is 26.3 Å². The smallest absolute Gasteiger partial charge is 0.229 e. The van der Waals surface area contributed by atoms with Gasteiger partial charge >= 0.3 is 0 Å². The number of hydrogen-bond donors (Lipinski definition) is 0. The van der Waals surface area contributed by atoms with E-state index in [1.165, 1.54) is 0 Å². The molecule has 0 saturated carbocycles. The summed E-state index contributed by atoms with van der Waals surface area (Å²) in [4.78, 5) is 0. The van der Waals surface area contributed by atoms with E-state index >= 15 is 0 Å². The molecule has 1 aromatic carbocycles. The Morgan fingerprint density at radius 1 is 1.40 bits per heavy atom. The first-order chi connectivity index (χ1) is 6.97. The molecule has 2 atom stereocenters. The van der Waals surface area contributed by atoms with Crippen LogP contribution in [0.3, 0.4) is 0 Å². The lowest BCUT2D eigenvalue weighted by atomic mass is 10.2. The summed E-state index contributed by atoms with van der Waals surface area (Å²) >= 11 is 0. The second-order valence-corrected chi connectivity index (χ2v) is 6.34. The molecule has 0 saturated heterocycles. The first-order valence-corrected chi connectivity index (χ1v) is 7.36. The van der Waals surface area contributed by atoms with Crippen LogP contribution in [-0.4, -0.2) is 12.8 Å². The fraction of sp³-hybridized carbons (Fsp3) is 0.500. The molecule has 0 spiro atoms. The van der Waals surface area contributed by atoms with Crippen LogP contribution in [0.2, 0.25) is 0 Å².